The van der Waals surface area contributed by atoms with Crippen molar-refractivity contribution in [3.8, 4) is 0 Å². The van der Waals surface area contributed by atoms with E-state index in [9.17, 15) is 13.2 Å². The van der Waals surface area contributed by atoms with E-state index in [4.69, 9.17) is 24.5 Å². The Balaban J connectivity index is 0.000000480. The second kappa shape index (κ2) is 8.91. The van der Waals surface area contributed by atoms with Crippen LogP contribution < -0.4 is 5.73 Å². The Morgan fingerprint density at radius 3 is 2.21 bits per heavy atom. The summed E-state index contributed by atoms with van der Waals surface area (Å²) in [5, 5.41) is 15.6. The highest BCUT2D eigenvalue weighted by Crippen LogP contribution is 2.39. The molecule has 0 bridgehead atoms. The summed E-state index contributed by atoms with van der Waals surface area (Å²) in [6.45, 7) is 13.1. The molecule has 11 heteroatoms. The lowest BCUT2D eigenvalue weighted by molar-refractivity contribution is -0.192. The van der Waals surface area contributed by atoms with E-state index < -0.39 is 20.5 Å². The molecule has 1 aliphatic rings. The smallest absolute Gasteiger partial charge is 0.475 e. The number of hydrogen-bond donors (Lipinski definition) is 2. The van der Waals surface area contributed by atoms with E-state index in [2.05, 4.69) is 44.1 Å². The Hall–Kier alpha value is -1.46. The topological polar surface area (TPSA) is 111 Å². The molecule has 0 aromatic carbocycles. The molecule has 162 valence electrons. The summed E-state index contributed by atoms with van der Waals surface area (Å²) >= 11 is 0. The van der Waals surface area contributed by atoms with Gasteiger partial charge >= 0.3 is 12.1 Å². The second-order valence-electron chi connectivity index (χ2n) is 8.66. The summed E-state index contributed by atoms with van der Waals surface area (Å²) in [5.41, 5.74) is 5.80. The molecule has 1 heterocycles. The average Bonchev–Trinajstić information content (AvgIpc) is 2.92. The third kappa shape index (κ3) is 7.17. The second-order valence-corrected chi connectivity index (χ2v) is 13.4. The van der Waals surface area contributed by atoms with Gasteiger partial charge < -0.3 is 19.7 Å². The Kier molecular flexibility index (Phi) is 7.82. The molecule has 0 amide bonds. The lowest BCUT2D eigenvalue weighted by atomic mass is 9.79. The van der Waals surface area contributed by atoms with Crippen LogP contribution in [0.25, 0.3) is 0 Å². The minimum atomic E-state index is -5.08. The Morgan fingerprint density at radius 2 is 1.82 bits per heavy atom. The number of nitrogens with two attached hydrogens (primary N) is 1. The van der Waals surface area contributed by atoms with Gasteiger partial charge in [-0.1, -0.05) is 20.8 Å². The number of aliphatic carboxylic acids is 1. The molecule has 0 aliphatic heterocycles. The largest absolute Gasteiger partial charge is 0.490 e. The highest BCUT2D eigenvalue weighted by atomic mass is 28.4. The molecule has 1 aromatic rings. The number of carbonyl (C=O) groups is 1. The first-order valence-electron chi connectivity index (χ1n) is 9.08. The van der Waals surface area contributed by atoms with Crippen molar-refractivity contribution >= 4 is 14.3 Å². The van der Waals surface area contributed by atoms with E-state index in [1.54, 1.807) is 0 Å². The van der Waals surface area contributed by atoms with Crippen molar-refractivity contribution in [2.75, 3.05) is 0 Å². The molecular formula is C17H30F3N3O4Si. The monoisotopic (exact) mass is 425 g/mol. The van der Waals surface area contributed by atoms with Crippen LogP contribution >= 0.6 is 0 Å². The van der Waals surface area contributed by atoms with Crippen molar-refractivity contribution in [1.82, 2.24) is 10.2 Å². The lowest BCUT2D eigenvalue weighted by Gasteiger charge is -2.37. The number of rotatable bonds is 5. The van der Waals surface area contributed by atoms with Gasteiger partial charge in [0.1, 0.15) is 6.10 Å². The van der Waals surface area contributed by atoms with E-state index in [0.29, 0.717) is 23.7 Å². The van der Waals surface area contributed by atoms with Crippen molar-refractivity contribution in [2.45, 2.75) is 83.4 Å². The fourth-order valence-corrected chi connectivity index (χ4v) is 3.72. The van der Waals surface area contributed by atoms with E-state index in [1.165, 1.54) is 0 Å². The zero-order valence-corrected chi connectivity index (χ0v) is 18.1. The van der Waals surface area contributed by atoms with Crippen LogP contribution in [0.1, 0.15) is 58.4 Å². The number of carboxylic acids is 1. The van der Waals surface area contributed by atoms with Crippen LogP contribution in [0.2, 0.25) is 18.1 Å². The number of carboxylic acid groups (broad SMARTS) is 1. The normalized spacial score (nSPS) is 21.4. The first-order chi connectivity index (χ1) is 12.5. The molecule has 28 heavy (non-hydrogen) atoms. The zero-order valence-electron chi connectivity index (χ0n) is 17.1. The van der Waals surface area contributed by atoms with Crippen LogP contribution in [0.5, 0.6) is 0 Å². The molecule has 1 aromatic heterocycles. The summed E-state index contributed by atoms with van der Waals surface area (Å²) in [6, 6.07) is 0.359. The van der Waals surface area contributed by atoms with Crippen LogP contribution in [-0.4, -0.2) is 41.8 Å². The standard InChI is InChI=1S/C15H29N3O2Si.C2HF3O2/c1-10(20-21(5,6)15(2,3)4)14-18-17-13(19-14)9-11-7-12(16)8-11;3-2(4,5)1(6)7/h10-12H,7-9,16H2,1-6H3;(H,6,7)/t10-,11?,12?;/m1./s1. The van der Waals surface area contributed by atoms with Gasteiger partial charge in [0, 0.05) is 12.5 Å². The van der Waals surface area contributed by atoms with Crippen LogP contribution in [0.3, 0.4) is 0 Å². The van der Waals surface area contributed by atoms with Gasteiger partial charge in [-0.15, -0.1) is 10.2 Å². The third-order valence-electron chi connectivity index (χ3n) is 5.09. The molecule has 2 rings (SSSR count). The fourth-order valence-electron chi connectivity index (χ4n) is 2.38. The number of hydrogen-bond acceptors (Lipinski definition) is 6. The SMILES string of the molecule is C[C@@H](O[Si](C)(C)C(C)(C)C)c1nnc(CC2CC(N)C2)o1.O=C(O)C(F)(F)F. The summed E-state index contributed by atoms with van der Waals surface area (Å²) in [5.74, 6) is -0.844. The van der Waals surface area contributed by atoms with Crippen molar-refractivity contribution in [2.24, 2.45) is 11.7 Å². The summed E-state index contributed by atoms with van der Waals surface area (Å²) in [6.07, 6.45) is -2.26. The molecule has 1 aliphatic carbocycles. The van der Waals surface area contributed by atoms with Gasteiger partial charge in [-0.2, -0.15) is 13.2 Å². The first kappa shape index (κ1) is 24.6. The predicted octanol–water partition coefficient (Wildman–Crippen LogP) is 4.07. The first-order valence-corrected chi connectivity index (χ1v) is 12.0. The lowest BCUT2D eigenvalue weighted by Crippen LogP contribution is -2.41. The molecule has 0 saturated heterocycles. The molecule has 1 atom stereocenters. The third-order valence-corrected chi connectivity index (χ3v) is 9.64. The summed E-state index contributed by atoms with van der Waals surface area (Å²) < 4.78 is 43.8. The van der Waals surface area contributed by atoms with Crippen molar-refractivity contribution in [3.63, 3.8) is 0 Å². The number of alkyl halides is 3. The molecule has 0 radical (unpaired) electrons. The maximum Gasteiger partial charge on any atom is 0.490 e. The molecule has 1 saturated carbocycles. The van der Waals surface area contributed by atoms with Crippen molar-refractivity contribution in [1.29, 1.82) is 0 Å². The van der Waals surface area contributed by atoms with Crippen molar-refractivity contribution in [3.05, 3.63) is 11.8 Å². The van der Waals surface area contributed by atoms with Gasteiger partial charge in [0.25, 0.3) is 0 Å². The van der Waals surface area contributed by atoms with Gasteiger partial charge in [-0.25, -0.2) is 4.79 Å². The summed E-state index contributed by atoms with van der Waals surface area (Å²) in [4.78, 5) is 8.90. The van der Waals surface area contributed by atoms with E-state index in [0.717, 1.165) is 19.3 Å². The van der Waals surface area contributed by atoms with Gasteiger partial charge in [0.2, 0.25) is 11.8 Å². The van der Waals surface area contributed by atoms with E-state index >= 15 is 0 Å². The average molecular weight is 426 g/mol. The van der Waals surface area contributed by atoms with Crippen LogP contribution in [0.15, 0.2) is 4.42 Å². The quantitative estimate of drug-likeness (QED) is 0.684. The highest BCUT2D eigenvalue weighted by molar-refractivity contribution is 6.74. The van der Waals surface area contributed by atoms with Gasteiger partial charge in [0.15, 0.2) is 8.32 Å². The molecule has 0 unspecified atom stereocenters. The van der Waals surface area contributed by atoms with Crippen LogP contribution in [0, 0.1) is 5.92 Å². The number of halogens is 3. The van der Waals surface area contributed by atoms with Gasteiger partial charge in [-0.05, 0) is 43.8 Å². The summed E-state index contributed by atoms with van der Waals surface area (Å²) in [7, 11) is -1.82. The molecule has 1 fully saturated rings. The van der Waals surface area contributed by atoms with Gasteiger partial charge in [-0.3, -0.25) is 0 Å². The predicted molar refractivity (Wildman–Crippen MR) is 99.1 cm³/mol. The zero-order chi connectivity index (χ0) is 21.9. The fraction of sp³-hybridized carbons (Fsp3) is 0.824. The van der Waals surface area contributed by atoms with Crippen LogP contribution in [0.4, 0.5) is 13.2 Å². The Morgan fingerprint density at radius 1 is 1.32 bits per heavy atom. The number of aromatic nitrogens is 2. The highest BCUT2D eigenvalue weighted by Gasteiger charge is 2.40. The van der Waals surface area contributed by atoms with E-state index in [-0.39, 0.29) is 11.1 Å². The maximum atomic E-state index is 10.6. The van der Waals surface area contributed by atoms with Crippen molar-refractivity contribution < 1.29 is 31.9 Å². The van der Waals surface area contributed by atoms with Gasteiger partial charge in [0.05, 0.1) is 0 Å². The minimum Gasteiger partial charge on any atom is -0.475 e. The molecule has 7 nitrogen and oxygen atoms in total. The molecule has 3 N–H and O–H groups in total. The van der Waals surface area contributed by atoms with Crippen LogP contribution in [-0.2, 0) is 15.6 Å². The maximum absolute atomic E-state index is 10.6. The minimum absolute atomic E-state index is 0.143. The van der Waals surface area contributed by atoms with E-state index in [1.807, 2.05) is 6.92 Å². The Labute approximate surface area is 164 Å². The molecular weight excluding hydrogens is 395 g/mol. The Bertz CT molecular complexity index is 653. The number of nitrogens with zero attached hydrogens (tertiary/aromatic N) is 2. The molecule has 0 spiro atoms.